The van der Waals surface area contributed by atoms with E-state index in [1.807, 2.05) is 0 Å². The zero-order valence-corrected chi connectivity index (χ0v) is 22.2. The molecule has 0 radical (unpaired) electrons. The molecule has 1 aliphatic carbocycles. The summed E-state index contributed by atoms with van der Waals surface area (Å²) in [6.07, 6.45) is 5.03. The van der Waals surface area contributed by atoms with Gasteiger partial charge < -0.3 is 25.0 Å². The molecular formula is C26H31F2N5O5S. The van der Waals surface area contributed by atoms with Crippen molar-refractivity contribution in [3.63, 3.8) is 0 Å². The van der Waals surface area contributed by atoms with Crippen LogP contribution in [0.3, 0.4) is 0 Å². The SMILES string of the molecule is O=C(Nc1cc2c(c(N3CC(F)(F)C3)n1)OCC2)c1ccc(NS(=O)(=O)CCO)cc1N1CCC2(CC1)CC2. The van der Waals surface area contributed by atoms with Gasteiger partial charge in [0.05, 0.1) is 49.0 Å². The lowest BCUT2D eigenvalue weighted by Crippen LogP contribution is -2.56. The summed E-state index contributed by atoms with van der Waals surface area (Å²) in [5, 5.41) is 11.9. The zero-order chi connectivity index (χ0) is 27.4. The smallest absolute Gasteiger partial charge is 0.282 e. The number of anilines is 4. The minimum atomic E-state index is -3.75. The van der Waals surface area contributed by atoms with Gasteiger partial charge in [-0.25, -0.2) is 22.2 Å². The fraction of sp³-hybridized carbons (Fsp3) is 0.538. The van der Waals surface area contributed by atoms with Gasteiger partial charge in [0, 0.05) is 25.1 Å². The third kappa shape index (κ3) is 5.33. The summed E-state index contributed by atoms with van der Waals surface area (Å²) in [7, 11) is -3.75. The van der Waals surface area contributed by atoms with Gasteiger partial charge in [0.2, 0.25) is 10.0 Å². The van der Waals surface area contributed by atoms with Crippen LogP contribution in [0.1, 0.15) is 41.6 Å². The van der Waals surface area contributed by atoms with Crippen molar-refractivity contribution in [3.8, 4) is 5.75 Å². The van der Waals surface area contributed by atoms with Crippen LogP contribution < -0.4 is 24.6 Å². The molecule has 1 saturated carbocycles. The predicted octanol–water partition coefficient (Wildman–Crippen LogP) is 2.84. The number of halogens is 2. The number of aromatic nitrogens is 1. The Morgan fingerprint density at radius 2 is 1.85 bits per heavy atom. The molecule has 0 bridgehead atoms. The first kappa shape index (κ1) is 26.1. The van der Waals surface area contributed by atoms with Gasteiger partial charge in [0.1, 0.15) is 5.82 Å². The molecule has 0 unspecified atom stereocenters. The molecule has 2 saturated heterocycles. The summed E-state index contributed by atoms with van der Waals surface area (Å²) in [6.45, 7) is 0.485. The number of piperidine rings is 1. The molecule has 1 spiro atoms. The average molecular weight is 564 g/mol. The molecule has 1 amide bonds. The third-order valence-corrected chi connectivity index (χ3v) is 9.30. The maximum atomic E-state index is 13.6. The Balaban J connectivity index is 1.28. The molecular weight excluding hydrogens is 532 g/mol. The van der Waals surface area contributed by atoms with Crippen LogP contribution in [0.2, 0.25) is 0 Å². The van der Waals surface area contributed by atoms with E-state index in [2.05, 4.69) is 19.9 Å². The van der Waals surface area contributed by atoms with Crippen LogP contribution in [0.4, 0.5) is 31.8 Å². The average Bonchev–Trinajstić information content (AvgIpc) is 3.44. The van der Waals surface area contributed by atoms with Crippen LogP contribution in [0.25, 0.3) is 0 Å². The number of benzene rings is 1. The Labute approximate surface area is 225 Å². The molecule has 13 heteroatoms. The maximum Gasteiger partial charge on any atom is 0.282 e. The van der Waals surface area contributed by atoms with Gasteiger partial charge in [0.25, 0.3) is 11.8 Å². The van der Waals surface area contributed by atoms with Gasteiger partial charge in [-0.2, -0.15) is 0 Å². The van der Waals surface area contributed by atoms with Crippen molar-refractivity contribution in [2.24, 2.45) is 5.41 Å². The molecule has 1 aromatic heterocycles. The van der Waals surface area contributed by atoms with Crippen LogP contribution in [0.5, 0.6) is 5.75 Å². The van der Waals surface area contributed by atoms with Gasteiger partial charge in [-0.1, -0.05) is 0 Å². The second-order valence-corrected chi connectivity index (χ2v) is 12.8. The topological polar surface area (TPSA) is 124 Å². The molecule has 39 heavy (non-hydrogen) atoms. The number of amides is 1. The number of rotatable bonds is 8. The Hall–Kier alpha value is -3.19. The Morgan fingerprint density at radius 1 is 1.10 bits per heavy atom. The number of aliphatic hydroxyl groups excluding tert-OH is 1. The molecule has 210 valence electrons. The van der Waals surface area contributed by atoms with E-state index >= 15 is 0 Å². The number of carbonyl (C=O) groups excluding carboxylic acids is 1. The molecule has 3 N–H and O–H groups in total. The number of alkyl halides is 2. The highest BCUT2D eigenvalue weighted by Gasteiger charge is 2.46. The van der Waals surface area contributed by atoms with Crippen LogP contribution >= 0.6 is 0 Å². The van der Waals surface area contributed by atoms with Crippen molar-refractivity contribution in [1.82, 2.24) is 4.98 Å². The minimum absolute atomic E-state index is 0.240. The van der Waals surface area contributed by atoms with Crippen LogP contribution in [-0.2, 0) is 16.4 Å². The molecule has 10 nitrogen and oxygen atoms in total. The maximum absolute atomic E-state index is 13.6. The largest absolute Gasteiger partial charge is 0.489 e. The number of nitrogens with zero attached hydrogens (tertiary/aromatic N) is 3. The summed E-state index contributed by atoms with van der Waals surface area (Å²) in [6, 6.07) is 6.43. The standard InChI is InChI=1S/C26H31F2N5O5S/c27-26(28)15-33(16-26)23-22-17(3-11-38-22)13-21(29-23)30-24(35)19-2-1-18(31-39(36,37)12-10-34)14-20(19)32-8-6-25(4-5-25)7-9-32/h1-2,13-14,31,34H,3-12,15-16H2,(H,29,30,35). The number of nitrogens with one attached hydrogen (secondary N) is 2. The number of pyridine rings is 1. The molecule has 4 aliphatic rings. The quantitative estimate of drug-likeness (QED) is 0.448. The van der Waals surface area contributed by atoms with Gasteiger partial charge in [-0.3, -0.25) is 9.52 Å². The van der Waals surface area contributed by atoms with Crippen molar-refractivity contribution < 1.29 is 31.8 Å². The number of hydrogen-bond acceptors (Lipinski definition) is 8. The Kier molecular flexibility index (Phi) is 6.33. The second kappa shape index (κ2) is 9.47. The number of hydrogen-bond donors (Lipinski definition) is 3. The number of ether oxygens (including phenoxy) is 1. The molecule has 3 aliphatic heterocycles. The van der Waals surface area contributed by atoms with E-state index in [4.69, 9.17) is 9.84 Å². The number of sulfonamides is 1. The first-order chi connectivity index (χ1) is 18.6. The lowest BCUT2D eigenvalue weighted by atomic mass is 9.93. The molecule has 1 aromatic carbocycles. The highest BCUT2D eigenvalue weighted by atomic mass is 32.2. The van der Waals surface area contributed by atoms with E-state index in [-0.39, 0.29) is 5.82 Å². The van der Waals surface area contributed by atoms with Gasteiger partial charge >= 0.3 is 0 Å². The lowest BCUT2D eigenvalue weighted by Gasteiger charge is -2.40. The molecule has 3 fully saturated rings. The van der Waals surface area contributed by atoms with E-state index in [1.54, 1.807) is 18.2 Å². The Bertz CT molecular complexity index is 1400. The van der Waals surface area contributed by atoms with Crippen LogP contribution in [0.15, 0.2) is 24.3 Å². The third-order valence-electron chi connectivity index (χ3n) is 8.03. The summed E-state index contributed by atoms with van der Waals surface area (Å²) in [5.41, 5.74) is 2.45. The zero-order valence-electron chi connectivity index (χ0n) is 21.4. The lowest BCUT2D eigenvalue weighted by molar-refractivity contribution is -0.0269. The van der Waals surface area contributed by atoms with Crippen molar-refractivity contribution in [2.45, 2.75) is 38.0 Å². The Morgan fingerprint density at radius 3 is 2.51 bits per heavy atom. The number of fused-ring (bicyclic) bond motifs is 1. The first-order valence-electron chi connectivity index (χ1n) is 13.2. The molecule has 6 rings (SSSR count). The van der Waals surface area contributed by atoms with Crippen molar-refractivity contribution in [2.75, 3.05) is 65.0 Å². The van der Waals surface area contributed by atoms with Gasteiger partial charge in [-0.05, 0) is 55.4 Å². The van der Waals surface area contributed by atoms with Gasteiger partial charge in [0.15, 0.2) is 11.6 Å². The van der Waals surface area contributed by atoms with E-state index in [0.717, 1.165) is 31.5 Å². The number of carbonyl (C=O) groups is 1. The molecule has 2 aromatic rings. The van der Waals surface area contributed by atoms with Crippen molar-refractivity contribution >= 4 is 38.9 Å². The monoisotopic (exact) mass is 563 g/mol. The fourth-order valence-electron chi connectivity index (χ4n) is 5.60. The van der Waals surface area contributed by atoms with E-state index in [1.165, 1.54) is 23.8 Å². The molecule has 0 atom stereocenters. The minimum Gasteiger partial charge on any atom is -0.489 e. The van der Waals surface area contributed by atoms with E-state index in [0.29, 0.717) is 46.9 Å². The van der Waals surface area contributed by atoms with Crippen LogP contribution in [-0.4, -0.2) is 75.5 Å². The summed E-state index contributed by atoms with van der Waals surface area (Å²) < 4.78 is 59.8. The van der Waals surface area contributed by atoms with Crippen molar-refractivity contribution in [1.29, 1.82) is 0 Å². The van der Waals surface area contributed by atoms with E-state index in [9.17, 15) is 22.0 Å². The summed E-state index contributed by atoms with van der Waals surface area (Å²) in [4.78, 5) is 21.6. The second-order valence-electron chi connectivity index (χ2n) is 10.9. The van der Waals surface area contributed by atoms with E-state index < -0.39 is 47.3 Å². The summed E-state index contributed by atoms with van der Waals surface area (Å²) >= 11 is 0. The number of aliphatic hydroxyl groups is 1. The predicted molar refractivity (Wildman–Crippen MR) is 143 cm³/mol. The fourth-order valence-corrected chi connectivity index (χ4v) is 6.43. The molecule has 4 heterocycles. The van der Waals surface area contributed by atoms with Gasteiger partial charge in [-0.15, -0.1) is 0 Å². The summed E-state index contributed by atoms with van der Waals surface area (Å²) in [5.74, 6) is -2.64. The highest BCUT2D eigenvalue weighted by Crippen LogP contribution is 2.54. The van der Waals surface area contributed by atoms with Crippen molar-refractivity contribution in [3.05, 3.63) is 35.4 Å². The normalized spacial score (nSPS) is 20.7. The highest BCUT2D eigenvalue weighted by molar-refractivity contribution is 7.92. The first-order valence-corrected chi connectivity index (χ1v) is 14.8. The van der Waals surface area contributed by atoms with Crippen LogP contribution in [0, 0.1) is 5.41 Å².